The molecular formula is C23H43F. The van der Waals surface area contributed by atoms with Gasteiger partial charge in [0.2, 0.25) is 0 Å². The Morgan fingerprint density at radius 1 is 0.917 bits per heavy atom. The van der Waals surface area contributed by atoms with Crippen LogP contribution < -0.4 is 0 Å². The van der Waals surface area contributed by atoms with E-state index in [0.29, 0.717) is 17.8 Å². The highest BCUT2D eigenvalue weighted by molar-refractivity contribution is 4.86. The molecule has 0 N–H and O–H groups in total. The van der Waals surface area contributed by atoms with Crippen LogP contribution in [0.4, 0.5) is 4.39 Å². The summed E-state index contributed by atoms with van der Waals surface area (Å²) < 4.78 is 14.4. The molecule has 2 aliphatic carbocycles. The third kappa shape index (κ3) is 6.68. The molecule has 0 heterocycles. The minimum atomic E-state index is -0.500. The predicted octanol–water partition coefficient (Wildman–Crippen LogP) is 7.95. The van der Waals surface area contributed by atoms with Gasteiger partial charge in [-0.1, -0.05) is 85.0 Å². The molecule has 2 rings (SSSR count). The summed E-state index contributed by atoms with van der Waals surface area (Å²) in [4.78, 5) is 0. The maximum atomic E-state index is 14.4. The Hall–Kier alpha value is -0.0700. The highest BCUT2D eigenvalue weighted by Gasteiger charge is 2.36. The first-order valence-electron chi connectivity index (χ1n) is 11.2. The van der Waals surface area contributed by atoms with Crippen LogP contribution in [0.2, 0.25) is 0 Å². The molecule has 2 aliphatic rings. The van der Waals surface area contributed by atoms with E-state index in [2.05, 4.69) is 20.8 Å². The molecule has 0 spiro atoms. The maximum absolute atomic E-state index is 14.4. The lowest BCUT2D eigenvalue weighted by atomic mass is 9.68. The smallest absolute Gasteiger partial charge is 0.103 e. The van der Waals surface area contributed by atoms with Crippen molar-refractivity contribution in [3.8, 4) is 0 Å². The van der Waals surface area contributed by atoms with Crippen molar-refractivity contribution < 1.29 is 4.39 Å². The van der Waals surface area contributed by atoms with E-state index in [1.165, 1.54) is 77.0 Å². The number of hydrogen-bond donors (Lipinski definition) is 0. The van der Waals surface area contributed by atoms with Crippen molar-refractivity contribution in [2.45, 2.75) is 117 Å². The summed E-state index contributed by atoms with van der Waals surface area (Å²) in [5, 5.41) is 0. The summed E-state index contributed by atoms with van der Waals surface area (Å²) in [5.41, 5.74) is 0. The molecule has 0 saturated heterocycles. The van der Waals surface area contributed by atoms with Crippen LogP contribution in [-0.4, -0.2) is 6.17 Å². The first kappa shape index (κ1) is 20.2. The average Bonchev–Trinajstić information content (AvgIpc) is 2.56. The van der Waals surface area contributed by atoms with Gasteiger partial charge >= 0.3 is 0 Å². The number of hydrogen-bond acceptors (Lipinski definition) is 0. The molecule has 2 fully saturated rings. The second kappa shape index (κ2) is 10.8. The maximum Gasteiger partial charge on any atom is 0.103 e. The van der Waals surface area contributed by atoms with E-state index in [-0.39, 0.29) is 0 Å². The number of unbranched alkanes of at least 4 members (excludes halogenated alkanes) is 2. The van der Waals surface area contributed by atoms with E-state index < -0.39 is 6.17 Å². The molecule has 0 aromatic carbocycles. The molecule has 24 heavy (non-hydrogen) atoms. The Morgan fingerprint density at radius 3 is 2.33 bits per heavy atom. The Morgan fingerprint density at radius 2 is 1.67 bits per heavy atom. The van der Waals surface area contributed by atoms with Gasteiger partial charge < -0.3 is 0 Å². The van der Waals surface area contributed by atoms with Crippen LogP contribution in [0, 0.1) is 29.6 Å². The van der Waals surface area contributed by atoms with Gasteiger partial charge in [0.25, 0.3) is 0 Å². The molecular weight excluding hydrogens is 295 g/mol. The van der Waals surface area contributed by atoms with Gasteiger partial charge in [0.15, 0.2) is 0 Å². The van der Waals surface area contributed by atoms with Gasteiger partial charge in [-0.3, -0.25) is 0 Å². The standard InChI is InChI=1S/C23H43F/c1-4-8-18(2)9-6-5-7-10-20-12-14-21(15-13-20)22-16-11-19(3)17-23(22)24/h18-23H,4-17H2,1-3H3. The third-order valence-corrected chi connectivity index (χ3v) is 7.17. The second-order valence-electron chi connectivity index (χ2n) is 9.41. The quantitative estimate of drug-likeness (QED) is 0.374. The zero-order valence-corrected chi connectivity index (χ0v) is 16.7. The van der Waals surface area contributed by atoms with Crippen LogP contribution >= 0.6 is 0 Å². The monoisotopic (exact) mass is 338 g/mol. The van der Waals surface area contributed by atoms with Gasteiger partial charge in [-0.05, 0) is 55.3 Å². The fourth-order valence-electron chi connectivity index (χ4n) is 5.51. The molecule has 0 nitrogen and oxygen atoms in total. The predicted molar refractivity (Wildman–Crippen MR) is 104 cm³/mol. The van der Waals surface area contributed by atoms with Crippen LogP contribution in [0.15, 0.2) is 0 Å². The Balaban J connectivity index is 1.55. The van der Waals surface area contributed by atoms with Crippen LogP contribution in [0.25, 0.3) is 0 Å². The summed E-state index contributed by atoms with van der Waals surface area (Å²) in [6.45, 7) is 6.93. The minimum absolute atomic E-state index is 0.405. The van der Waals surface area contributed by atoms with Gasteiger partial charge in [-0.15, -0.1) is 0 Å². The summed E-state index contributed by atoms with van der Waals surface area (Å²) in [6, 6.07) is 0. The molecule has 2 saturated carbocycles. The lowest BCUT2D eigenvalue weighted by molar-refractivity contribution is 0.0617. The van der Waals surface area contributed by atoms with Gasteiger partial charge in [-0.2, -0.15) is 0 Å². The fraction of sp³-hybridized carbons (Fsp3) is 1.00. The molecule has 4 atom stereocenters. The van der Waals surface area contributed by atoms with Crippen molar-refractivity contribution in [1.82, 2.24) is 0 Å². The van der Waals surface area contributed by atoms with Gasteiger partial charge in [0, 0.05) is 0 Å². The number of alkyl halides is 1. The molecule has 0 bridgehead atoms. The zero-order valence-electron chi connectivity index (χ0n) is 16.7. The number of halogens is 1. The lowest BCUT2D eigenvalue weighted by Crippen LogP contribution is -2.33. The third-order valence-electron chi connectivity index (χ3n) is 7.17. The van der Waals surface area contributed by atoms with Gasteiger partial charge in [0.1, 0.15) is 6.17 Å². The van der Waals surface area contributed by atoms with Crippen molar-refractivity contribution in [3.63, 3.8) is 0 Å². The molecule has 0 radical (unpaired) electrons. The van der Waals surface area contributed by atoms with Gasteiger partial charge in [0.05, 0.1) is 0 Å². The van der Waals surface area contributed by atoms with Crippen LogP contribution in [0.5, 0.6) is 0 Å². The van der Waals surface area contributed by atoms with E-state index in [9.17, 15) is 4.39 Å². The Bertz CT molecular complexity index is 318. The highest BCUT2D eigenvalue weighted by atomic mass is 19.1. The zero-order chi connectivity index (χ0) is 17.4. The summed E-state index contributed by atoms with van der Waals surface area (Å²) in [5.74, 6) is 3.61. The van der Waals surface area contributed by atoms with Crippen molar-refractivity contribution in [2.24, 2.45) is 29.6 Å². The normalized spacial score (nSPS) is 35.8. The number of rotatable bonds is 9. The van der Waals surface area contributed by atoms with E-state index in [0.717, 1.165) is 24.7 Å². The molecule has 1 heteroatoms. The van der Waals surface area contributed by atoms with E-state index in [1.54, 1.807) is 0 Å². The first-order valence-corrected chi connectivity index (χ1v) is 11.2. The van der Waals surface area contributed by atoms with Gasteiger partial charge in [-0.25, -0.2) is 4.39 Å². The molecule has 4 unspecified atom stereocenters. The van der Waals surface area contributed by atoms with Crippen LogP contribution in [-0.2, 0) is 0 Å². The molecule has 0 amide bonds. The fourth-order valence-corrected chi connectivity index (χ4v) is 5.51. The molecule has 142 valence electrons. The SMILES string of the molecule is CCCC(C)CCCCCC1CCC(C2CCC(C)CC2F)CC1. The summed E-state index contributed by atoms with van der Waals surface area (Å²) >= 11 is 0. The average molecular weight is 339 g/mol. The second-order valence-corrected chi connectivity index (χ2v) is 9.41. The lowest BCUT2D eigenvalue weighted by Gasteiger charge is -2.39. The van der Waals surface area contributed by atoms with Crippen molar-refractivity contribution in [3.05, 3.63) is 0 Å². The first-order chi connectivity index (χ1) is 11.6. The highest BCUT2D eigenvalue weighted by Crippen LogP contribution is 2.43. The topological polar surface area (TPSA) is 0 Å². The van der Waals surface area contributed by atoms with Crippen molar-refractivity contribution >= 4 is 0 Å². The molecule has 0 aromatic heterocycles. The van der Waals surface area contributed by atoms with Crippen LogP contribution in [0.3, 0.4) is 0 Å². The molecule has 0 aromatic rings. The van der Waals surface area contributed by atoms with Crippen molar-refractivity contribution in [1.29, 1.82) is 0 Å². The Kier molecular flexibility index (Phi) is 9.12. The van der Waals surface area contributed by atoms with Crippen LogP contribution in [0.1, 0.15) is 111 Å². The van der Waals surface area contributed by atoms with E-state index in [1.807, 2.05) is 0 Å². The van der Waals surface area contributed by atoms with Crippen molar-refractivity contribution in [2.75, 3.05) is 0 Å². The minimum Gasteiger partial charge on any atom is -0.247 e. The van der Waals surface area contributed by atoms with E-state index >= 15 is 0 Å². The summed E-state index contributed by atoms with van der Waals surface area (Å²) in [7, 11) is 0. The Labute approximate surface area is 151 Å². The largest absolute Gasteiger partial charge is 0.247 e. The summed E-state index contributed by atoms with van der Waals surface area (Å²) in [6.07, 6.45) is 18.1. The van der Waals surface area contributed by atoms with E-state index in [4.69, 9.17) is 0 Å². The molecule has 0 aliphatic heterocycles.